The Balaban J connectivity index is 0. The number of carboxylic acid groups (broad SMARTS) is 4. The Hall–Kier alpha value is -2.78. The van der Waals surface area contributed by atoms with E-state index < -0.39 is 59.1 Å². The van der Waals surface area contributed by atoms with Crippen LogP contribution in [-0.2, 0) is 28.8 Å². The van der Waals surface area contributed by atoms with Gasteiger partial charge in [-0.15, -0.1) is 0 Å². The summed E-state index contributed by atoms with van der Waals surface area (Å²) in [5.41, 5.74) is -1.84. The molecule has 0 aliphatic heterocycles. The van der Waals surface area contributed by atoms with E-state index in [1.54, 1.807) is 0 Å². The fourth-order valence-corrected chi connectivity index (χ4v) is 1.47. The third kappa shape index (κ3) is 6.55. The zero-order valence-corrected chi connectivity index (χ0v) is 13.6. The summed E-state index contributed by atoms with van der Waals surface area (Å²) < 4.78 is 0. The van der Waals surface area contributed by atoms with Crippen molar-refractivity contribution in [3.8, 4) is 0 Å². The standard InChI is InChI=1S/C8H12O5.C6H8O5/c1-4(6(10)11)8(3,5(2)9)7(12)13;1-3(7)4(6(10)11)2-5(8)9/h4H,1-3H3,(H,10,11)(H,12,13);4H,2H2,1H3,(H,8,9)(H,10,11). The van der Waals surface area contributed by atoms with Gasteiger partial charge in [0.15, 0.2) is 0 Å². The van der Waals surface area contributed by atoms with Gasteiger partial charge in [-0.3, -0.25) is 28.8 Å². The third-order valence-electron chi connectivity index (χ3n) is 3.58. The van der Waals surface area contributed by atoms with Crippen LogP contribution in [0.1, 0.15) is 34.1 Å². The molecule has 0 radical (unpaired) electrons. The van der Waals surface area contributed by atoms with Gasteiger partial charge in [0.05, 0.1) is 12.3 Å². The zero-order chi connectivity index (χ0) is 19.8. The molecule has 3 atom stereocenters. The minimum atomic E-state index is -1.84. The molecule has 0 aromatic heterocycles. The van der Waals surface area contributed by atoms with E-state index >= 15 is 0 Å². The predicted molar refractivity (Wildman–Crippen MR) is 77.3 cm³/mol. The number of carboxylic acids is 4. The Morgan fingerprint density at radius 2 is 1.29 bits per heavy atom. The summed E-state index contributed by atoms with van der Waals surface area (Å²) in [6, 6.07) is 0. The van der Waals surface area contributed by atoms with Crippen molar-refractivity contribution in [1.82, 2.24) is 0 Å². The molecular formula is C14H20O10. The molecule has 0 saturated carbocycles. The van der Waals surface area contributed by atoms with Gasteiger partial charge in [-0.25, -0.2) is 0 Å². The molecule has 0 heterocycles. The van der Waals surface area contributed by atoms with Crippen molar-refractivity contribution in [2.75, 3.05) is 0 Å². The summed E-state index contributed by atoms with van der Waals surface area (Å²) in [6.45, 7) is 4.46. The van der Waals surface area contributed by atoms with Crippen molar-refractivity contribution in [2.24, 2.45) is 17.3 Å². The number of aliphatic carboxylic acids is 4. The molecule has 3 unspecified atom stereocenters. The first kappa shape index (κ1) is 23.5. The first-order valence-electron chi connectivity index (χ1n) is 6.61. The highest BCUT2D eigenvalue weighted by Crippen LogP contribution is 2.28. The number of hydrogen-bond acceptors (Lipinski definition) is 6. The lowest BCUT2D eigenvalue weighted by molar-refractivity contribution is -0.164. The first-order chi connectivity index (χ1) is 10.7. The molecule has 0 amide bonds. The Morgan fingerprint density at radius 1 is 0.875 bits per heavy atom. The Labute approximate surface area is 137 Å². The molecule has 4 N–H and O–H groups in total. The van der Waals surface area contributed by atoms with Crippen LogP contribution in [0, 0.1) is 17.3 Å². The summed E-state index contributed by atoms with van der Waals surface area (Å²) in [5.74, 6) is -9.31. The van der Waals surface area contributed by atoms with Crippen molar-refractivity contribution in [3.63, 3.8) is 0 Å². The fourth-order valence-electron chi connectivity index (χ4n) is 1.47. The lowest BCUT2D eigenvalue weighted by Gasteiger charge is -2.25. The first-order valence-corrected chi connectivity index (χ1v) is 6.61. The van der Waals surface area contributed by atoms with Gasteiger partial charge in [-0.1, -0.05) is 6.92 Å². The van der Waals surface area contributed by atoms with E-state index in [0.717, 1.165) is 20.8 Å². The van der Waals surface area contributed by atoms with Crippen LogP contribution in [0.4, 0.5) is 0 Å². The molecule has 24 heavy (non-hydrogen) atoms. The second-order valence-corrected chi connectivity index (χ2v) is 5.22. The lowest BCUT2D eigenvalue weighted by Crippen LogP contribution is -2.44. The quantitative estimate of drug-likeness (QED) is 0.440. The van der Waals surface area contributed by atoms with Gasteiger partial charge in [0, 0.05) is 0 Å². The number of carbonyl (C=O) groups excluding carboxylic acids is 2. The molecule has 0 fully saturated rings. The topological polar surface area (TPSA) is 183 Å². The molecule has 0 rings (SSSR count). The number of ketones is 2. The summed E-state index contributed by atoms with van der Waals surface area (Å²) in [4.78, 5) is 62.9. The minimum Gasteiger partial charge on any atom is -0.481 e. The van der Waals surface area contributed by atoms with Crippen LogP contribution in [0.25, 0.3) is 0 Å². The van der Waals surface area contributed by atoms with Crippen molar-refractivity contribution >= 4 is 35.4 Å². The monoisotopic (exact) mass is 348 g/mol. The van der Waals surface area contributed by atoms with Crippen molar-refractivity contribution in [2.45, 2.75) is 34.1 Å². The number of Topliss-reactive ketones (excluding diaryl/α,β-unsaturated/α-hetero) is 2. The van der Waals surface area contributed by atoms with Gasteiger partial charge < -0.3 is 20.4 Å². The fraction of sp³-hybridized carbons (Fsp3) is 0.571. The molecule has 10 heteroatoms. The van der Waals surface area contributed by atoms with Crippen LogP contribution in [-0.4, -0.2) is 55.9 Å². The zero-order valence-electron chi connectivity index (χ0n) is 13.6. The van der Waals surface area contributed by atoms with Crippen LogP contribution in [0.2, 0.25) is 0 Å². The van der Waals surface area contributed by atoms with Crippen LogP contribution < -0.4 is 0 Å². The Morgan fingerprint density at radius 3 is 1.38 bits per heavy atom. The molecule has 0 bridgehead atoms. The molecule has 0 aromatic rings. The third-order valence-corrected chi connectivity index (χ3v) is 3.58. The van der Waals surface area contributed by atoms with Crippen molar-refractivity contribution in [3.05, 3.63) is 0 Å². The number of hydrogen-bond donors (Lipinski definition) is 4. The van der Waals surface area contributed by atoms with Gasteiger partial charge in [-0.2, -0.15) is 0 Å². The molecule has 0 aliphatic carbocycles. The smallest absolute Gasteiger partial charge is 0.317 e. The van der Waals surface area contributed by atoms with Crippen LogP contribution in [0.15, 0.2) is 0 Å². The summed E-state index contributed by atoms with van der Waals surface area (Å²) in [7, 11) is 0. The van der Waals surface area contributed by atoms with E-state index in [1.807, 2.05) is 0 Å². The van der Waals surface area contributed by atoms with Crippen LogP contribution in [0.5, 0.6) is 0 Å². The van der Waals surface area contributed by atoms with Gasteiger partial charge >= 0.3 is 23.9 Å². The lowest BCUT2D eigenvalue weighted by atomic mass is 9.75. The maximum Gasteiger partial charge on any atom is 0.317 e. The maximum atomic E-state index is 11.0. The highest BCUT2D eigenvalue weighted by molar-refractivity contribution is 6.04. The summed E-state index contributed by atoms with van der Waals surface area (Å²) in [6.07, 6.45) is -0.648. The average molecular weight is 348 g/mol. The van der Waals surface area contributed by atoms with Gasteiger partial charge in [-0.05, 0) is 20.8 Å². The molecule has 10 nitrogen and oxygen atoms in total. The van der Waals surface area contributed by atoms with Crippen molar-refractivity contribution in [1.29, 1.82) is 0 Å². The maximum absolute atomic E-state index is 11.0. The molecule has 136 valence electrons. The Bertz CT molecular complexity index is 520. The van der Waals surface area contributed by atoms with E-state index in [1.165, 1.54) is 6.92 Å². The minimum absolute atomic E-state index is 0.639. The average Bonchev–Trinajstić information content (AvgIpc) is 2.42. The van der Waals surface area contributed by atoms with E-state index in [4.69, 9.17) is 20.4 Å². The van der Waals surface area contributed by atoms with E-state index in [2.05, 4.69) is 0 Å². The van der Waals surface area contributed by atoms with Gasteiger partial charge in [0.2, 0.25) is 0 Å². The van der Waals surface area contributed by atoms with E-state index in [9.17, 15) is 28.8 Å². The second kappa shape index (κ2) is 9.38. The molecule has 0 saturated heterocycles. The molecule has 0 spiro atoms. The van der Waals surface area contributed by atoms with Gasteiger partial charge in [0.25, 0.3) is 0 Å². The Kier molecular flexibility index (Phi) is 9.18. The number of rotatable bonds is 8. The predicted octanol–water partition coefficient (Wildman–Crippen LogP) is 0.138. The normalized spacial score (nSPS) is 14.8. The molecule has 0 aromatic carbocycles. The number of carbonyl (C=O) groups is 6. The summed E-state index contributed by atoms with van der Waals surface area (Å²) >= 11 is 0. The van der Waals surface area contributed by atoms with Gasteiger partial charge in [0.1, 0.15) is 22.9 Å². The SMILES string of the molecule is CC(=O)C(C)(C(=O)O)C(C)C(=O)O.CC(=O)C(CC(=O)O)C(=O)O. The second-order valence-electron chi connectivity index (χ2n) is 5.22. The molecular weight excluding hydrogens is 328 g/mol. The van der Waals surface area contributed by atoms with E-state index in [-0.39, 0.29) is 0 Å². The highest BCUT2D eigenvalue weighted by Gasteiger charge is 2.47. The van der Waals surface area contributed by atoms with Crippen LogP contribution >= 0.6 is 0 Å². The molecule has 0 aliphatic rings. The largest absolute Gasteiger partial charge is 0.481 e. The van der Waals surface area contributed by atoms with Crippen molar-refractivity contribution < 1.29 is 49.2 Å². The highest BCUT2D eigenvalue weighted by atomic mass is 16.4. The summed E-state index contributed by atoms with van der Waals surface area (Å²) in [5, 5.41) is 33.8. The van der Waals surface area contributed by atoms with E-state index in [0.29, 0.717) is 0 Å². The van der Waals surface area contributed by atoms with Crippen LogP contribution in [0.3, 0.4) is 0 Å².